The predicted molar refractivity (Wildman–Crippen MR) is 118 cm³/mol. The molecule has 4 rings (SSSR count). The van der Waals surface area contributed by atoms with Gasteiger partial charge in [-0.1, -0.05) is 24.3 Å². The smallest absolute Gasteiger partial charge is 0.325 e. The fraction of sp³-hybridized carbons (Fsp3) is 0.435. The molecule has 1 spiro atoms. The first-order chi connectivity index (χ1) is 15.4. The van der Waals surface area contributed by atoms with E-state index < -0.39 is 11.2 Å². The van der Waals surface area contributed by atoms with Crippen molar-refractivity contribution in [2.24, 2.45) is 0 Å². The van der Waals surface area contributed by atoms with Crippen molar-refractivity contribution in [2.45, 2.75) is 24.9 Å². The minimum Gasteiger partial charge on any atom is -0.372 e. The SMILES string of the molecule is O=C(Cc1c[nH]c(=O)[nH]c1=O)N1CCC2(CC1)CN(C/C=C/c1ccc(F)cc1)CCO2. The number of carbonyl (C=O) groups excluding carboxylic acids is 1. The van der Waals surface area contributed by atoms with Gasteiger partial charge in [-0.25, -0.2) is 9.18 Å². The van der Waals surface area contributed by atoms with E-state index >= 15 is 0 Å². The molecule has 1 aromatic heterocycles. The molecule has 2 N–H and O–H groups in total. The highest BCUT2D eigenvalue weighted by Crippen LogP contribution is 2.30. The number of halogens is 1. The van der Waals surface area contributed by atoms with Crippen LogP contribution in [-0.4, -0.2) is 70.6 Å². The number of amides is 1. The lowest BCUT2D eigenvalue weighted by Gasteiger charge is -2.47. The van der Waals surface area contributed by atoms with E-state index in [1.807, 2.05) is 6.08 Å². The number of H-pyrrole nitrogens is 2. The first-order valence-electron chi connectivity index (χ1n) is 10.8. The van der Waals surface area contributed by atoms with Crippen LogP contribution in [-0.2, 0) is 16.0 Å². The van der Waals surface area contributed by atoms with Gasteiger partial charge in [0, 0.05) is 44.5 Å². The van der Waals surface area contributed by atoms with Crippen LogP contribution in [0.2, 0.25) is 0 Å². The molecule has 2 aliphatic heterocycles. The van der Waals surface area contributed by atoms with Gasteiger partial charge >= 0.3 is 5.69 Å². The first-order valence-corrected chi connectivity index (χ1v) is 10.8. The maximum Gasteiger partial charge on any atom is 0.325 e. The number of morpholine rings is 1. The van der Waals surface area contributed by atoms with Crippen molar-refractivity contribution in [1.29, 1.82) is 0 Å². The number of piperidine rings is 1. The van der Waals surface area contributed by atoms with Crippen molar-refractivity contribution in [3.05, 3.63) is 74.3 Å². The van der Waals surface area contributed by atoms with Crippen LogP contribution in [0, 0.1) is 5.82 Å². The Balaban J connectivity index is 1.29. The van der Waals surface area contributed by atoms with Gasteiger partial charge in [0.1, 0.15) is 5.82 Å². The van der Waals surface area contributed by atoms with Crippen LogP contribution in [0.4, 0.5) is 4.39 Å². The van der Waals surface area contributed by atoms with Crippen LogP contribution in [0.3, 0.4) is 0 Å². The van der Waals surface area contributed by atoms with Gasteiger partial charge in [0.05, 0.1) is 18.6 Å². The molecule has 1 aromatic carbocycles. The zero-order valence-corrected chi connectivity index (χ0v) is 17.8. The Kier molecular flexibility index (Phi) is 6.66. The average molecular weight is 442 g/mol. The molecule has 1 amide bonds. The molecule has 0 saturated carbocycles. The minimum absolute atomic E-state index is 0.0414. The molecule has 32 heavy (non-hydrogen) atoms. The first kappa shape index (κ1) is 22.2. The van der Waals surface area contributed by atoms with E-state index in [1.54, 1.807) is 17.0 Å². The summed E-state index contributed by atoms with van der Waals surface area (Å²) in [5.74, 6) is -0.375. The molecule has 170 valence electrons. The fourth-order valence-corrected chi connectivity index (χ4v) is 4.30. The van der Waals surface area contributed by atoms with Gasteiger partial charge in [-0.05, 0) is 30.5 Å². The van der Waals surface area contributed by atoms with Gasteiger partial charge in [0.15, 0.2) is 0 Å². The summed E-state index contributed by atoms with van der Waals surface area (Å²) < 4.78 is 19.2. The molecule has 2 aliphatic rings. The number of rotatable bonds is 5. The van der Waals surface area contributed by atoms with E-state index in [-0.39, 0.29) is 29.3 Å². The third-order valence-electron chi connectivity index (χ3n) is 6.14. The molecular weight excluding hydrogens is 415 g/mol. The number of hydrogen-bond acceptors (Lipinski definition) is 5. The van der Waals surface area contributed by atoms with Gasteiger partial charge in [0.2, 0.25) is 5.91 Å². The fourth-order valence-electron chi connectivity index (χ4n) is 4.30. The van der Waals surface area contributed by atoms with Crippen LogP contribution in [0.15, 0.2) is 46.1 Å². The normalized spacial score (nSPS) is 19.0. The lowest BCUT2D eigenvalue weighted by atomic mass is 9.89. The van der Waals surface area contributed by atoms with Crippen molar-refractivity contribution in [2.75, 3.05) is 39.3 Å². The van der Waals surface area contributed by atoms with Crippen LogP contribution in [0.1, 0.15) is 24.0 Å². The second-order valence-electron chi connectivity index (χ2n) is 8.38. The third kappa shape index (κ3) is 5.41. The number of aromatic nitrogens is 2. The summed E-state index contributed by atoms with van der Waals surface area (Å²) in [4.78, 5) is 44.2. The summed E-state index contributed by atoms with van der Waals surface area (Å²) in [5.41, 5.74) is -0.174. The Hall–Kier alpha value is -3.04. The molecule has 2 aromatic rings. The molecule has 9 heteroatoms. The number of nitrogens with one attached hydrogen (secondary N) is 2. The zero-order chi connectivity index (χ0) is 22.6. The summed E-state index contributed by atoms with van der Waals surface area (Å²) in [6, 6.07) is 6.40. The Morgan fingerprint density at radius 2 is 1.91 bits per heavy atom. The van der Waals surface area contributed by atoms with Gasteiger partial charge in [-0.2, -0.15) is 0 Å². The number of hydrogen-bond donors (Lipinski definition) is 2. The van der Waals surface area contributed by atoms with Crippen molar-refractivity contribution >= 4 is 12.0 Å². The average Bonchev–Trinajstić information content (AvgIpc) is 2.78. The number of aromatic amines is 2. The van der Waals surface area contributed by atoms with Gasteiger partial charge in [-0.15, -0.1) is 0 Å². The molecule has 0 unspecified atom stereocenters. The van der Waals surface area contributed by atoms with Crippen LogP contribution >= 0.6 is 0 Å². The molecule has 0 atom stereocenters. The zero-order valence-electron chi connectivity index (χ0n) is 17.8. The highest BCUT2D eigenvalue weighted by Gasteiger charge is 2.40. The maximum absolute atomic E-state index is 13.0. The summed E-state index contributed by atoms with van der Waals surface area (Å²) in [5, 5.41) is 0. The number of benzene rings is 1. The maximum atomic E-state index is 13.0. The van der Waals surface area contributed by atoms with E-state index in [2.05, 4.69) is 20.9 Å². The Morgan fingerprint density at radius 3 is 2.62 bits per heavy atom. The topological polar surface area (TPSA) is 98.5 Å². The van der Waals surface area contributed by atoms with Crippen molar-refractivity contribution in [1.82, 2.24) is 19.8 Å². The number of carbonyl (C=O) groups is 1. The van der Waals surface area contributed by atoms with Crippen molar-refractivity contribution < 1.29 is 13.9 Å². The summed E-state index contributed by atoms with van der Waals surface area (Å²) in [6.07, 6.45) is 6.79. The molecule has 8 nitrogen and oxygen atoms in total. The van der Waals surface area contributed by atoms with E-state index in [0.717, 1.165) is 38.0 Å². The molecule has 0 aliphatic carbocycles. The molecule has 0 radical (unpaired) electrons. The minimum atomic E-state index is -0.586. The van der Waals surface area contributed by atoms with Crippen LogP contribution in [0.5, 0.6) is 0 Å². The number of nitrogens with zero attached hydrogens (tertiary/aromatic N) is 2. The van der Waals surface area contributed by atoms with E-state index in [1.165, 1.54) is 18.3 Å². The quantitative estimate of drug-likeness (QED) is 0.724. The Labute approximate surface area is 184 Å². The molecular formula is C23H27FN4O4. The van der Waals surface area contributed by atoms with Crippen LogP contribution in [0.25, 0.3) is 6.08 Å². The largest absolute Gasteiger partial charge is 0.372 e. The van der Waals surface area contributed by atoms with E-state index in [4.69, 9.17) is 4.74 Å². The van der Waals surface area contributed by atoms with Gasteiger partial charge < -0.3 is 14.6 Å². The number of likely N-dealkylation sites (tertiary alicyclic amines) is 1. The summed E-state index contributed by atoms with van der Waals surface area (Å²) in [6.45, 7) is 4.19. The molecule has 0 bridgehead atoms. The predicted octanol–water partition coefficient (Wildman–Crippen LogP) is 1.15. The van der Waals surface area contributed by atoms with E-state index in [9.17, 15) is 18.8 Å². The highest BCUT2D eigenvalue weighted by atomic mass is 19.1. The van der Waals surface area contributed by atoms with Gasteiger partial charge in [-0.3, -0.25) is 19.5 Å². The lowest BCUT2D eigenvalue weighted by molar-refractivity contribution is -0.149. The standard InChI is InChI=1S/C23H27FN4O4/c24-19-5-3-17(4-6-19)2-1-9-27-12-13-32-23(16-27)7-10-28(11-8-23)20(29)14-18-15-25-22(31)26-21(18)30/h1-6,15H,7-14,16H2,(H2,25,26,30,31)/b2-1+. The third-order valence-corrected chi connectivity index (χ3v) is 6.14. The van der Waals surface area contributed by atoms with Crippen molar-refractivity contribution in [3.8, 4) is 0 Å². The van der Waals surface area contributed by atoms with Crippen molar-refractivity contribution in [3.63, 3.8) is 0 Å². The molecule has 2 fully saturated rings. The Morgan fingerprint density at radius 1 is 1.16 bits per heavy atom. The molecule has 3 heterocycles. The summed E-state index contributed by atoms with van der Waals surface area (Å²) >= 11 is 0. The lowest BCUT2D eigenvalue weighted by Crippen LogP contribution is -2.57. The molecule has 2 saturated heterocycles. The van der Waals surface area contributed by atoms with Crippen LogP contribution < -0.4 is 11.2 Å². The van der Waals surface area contributed by atoms with Gasteiger partial charge in [0.25, 0.3) is 5.56 Å². The Bertz CT molecular complexity index is 1080. The number of ether oxygens (including phenoxy) is 1. The second kappa shape index (κ2) is 9.62. The van der Waals surface area contributed by atoms with E-state index in [0.29, 0.717) is 19.7 Å². The highest BCUT2D eigenvalue weighted by molar-refractivity contribution is 5.78. The summed E-state index contributed by atoms with van der Waals surface area (Å²) in [7, 11) is 0. The second-order valence-corrected chi connectivity index (χ2v) is 8.38. The monoisotopic (exact) mass is 442 g/mol.